The molecule has 29 heavy (non-hydrogen) atoms. The number of carbonyl (C=O) groups is 1. The fraction of sp³-hybridized carbons (Fsp3) is 0.300. The number of rotatable bonds is 7. The van der Waals surface area contributed by atoms with Crippen LogP contribution in [0.1, 0.15) is 11.1 Å². The topological polar surface area (TPSA) is 91.1 Å². The van der Waals surface area contributed by atoms with Gasteiger partial charge in [-0.1, -0.05) is 23.7 Å². The molecule has 0 atom stereocenters. The maximum Gasteiger partial charge on any atom is 0.269 e. The van der Waals surface area contributed by atoms with Gasteiger partial charge in [-0.2, -0.15) is 5.10 Å². The van der Waals surface area contributed by atoms with E-state index >= 15 is 0 Å². The number of carbonyl (C=O) groups excluding carboxylic acids is 1. The van der Waals surface area contributed by atoms with E-state index in [1.54, 1.807) is 12.1 Å². The van der Waals surface area contributed by atoms with E-state index < -0.39 is 4.92 Å². The molecule has 8 nitrogen and oxygen atoms in total. The lowest BCUT2D eigenvalue weighted by Crippen LogP contribution is -2.48. The lowest BCUT2D eigenvalue weighted by atomic mass is 10.2. The predicted molar refractivity (Wildman–Crippen MR) is 112 cm³/mol. The Bertz CT molecular complexity index is 863. The molecule has 2 aromatic carbocycles. The summed E-state index contributed by atoms with van der Waals surface area (Å²) in [7, 11) is 0. The number of nitrogens with one attached hydrogen (secondary N) is 1. The molecule has 2 aromatic rings. The van der Waals surface area contributed by atoms with Crippen LogP contribution in [0.3, 0.4) is 0 Å². The van der Waals surface area contributed by atoms with Gasteiger partial charge in [-0.05, 0) is 35.4 Å². The van der Waals surface area contributed by atoms with Gasteiger partial charge in [-0.15, -0.1) is 0 Å². The second-order valence-corrected chi connectivity index (χ2v) is 7.26. The number of nitro benzene ring substituents is 1. The molecule has 1 fully saturated rings. The van der Waals surface area contributed by atoms with E-state index in [-0.39, 0.29) is 18.1 Å². The molecule has 1 amide bonds. The summed E-state index contributed by atoms with van der Waals surface area (Å²) in [5.41, 5.74) is 4.41. The van der Waals surface area contributed by atoms with Crippen LogP contribution in [-0.2, 0) is 11.3 Å². The van der Waals surface area contributed by atoms with E-state index in [9.17, 15) is 14.9 Å². The van der Waals surface area contributed by atoms with E-state index in [1.165, 1.54) is 23.9 Å². The molecule has 0 bridgehead atoms. The summed E-state index contributed by atoms with van der Waals surface area (Å²) in [6.07, 6.45) is 1.46. The van der Waals surface area contributed by atoms with Gasteiger partial charge >= 0.3 is 0 Å². The zero-order valence-electron chi connectivity index (χ0n) is 15.8. The summed E-state index contributed by atoms with van der Waals surface area (Å²) in [6, 6.07) is 13.8. The third-order valence-corrected chi connectivity index (χ3v) is 4.91. The first-order valence-electron chi connectivity index (χ1n) is 9.25. The van der Waals surface area contributed by atoms with Gasteiger partial charge < -0.3 is 0 Å². The van der Waals surface area contributed by atoms with Gasteiger partial charge in [0.25, 0.3) is 11.6 Å². The van der Waals surface area contributed by atoms with Gasteiger partial charge in [-0.3, -0.25) is 24.7 Å². The Kier molecular flexibility index (Phi) is 7.29. The Labute approximate surface area is 173 Å². The molecule has 1 N–H and O–H groups in total. The maximum absolute atomic E-state index is 12.1. The minimum absolute atomic E-state index is 0.0152. The number of nitro groups is 1. The van der Waals surface area contributed by atoms with Gasteiger partial charge in [0.15, 0.2) is 0 Å². The quantitative estimate of drug-likeness (QED) is 0.426. The van der Waals surface area contributed by atoms with Crippen LogP contribution in [0.15, 0.2) is 53.6 Å². The van der Waals surface area contributed by atoms with Crippen LogP contribution >= 0.6 is 11.6 Å². The monoisotopic (exact) mass is 415 g/mol. The number of hydrazone groups is 1. The molecule has 3 rings (SSSR count). The molecule has 152 valence electrons. The number of amides is 1. The van der Waals surface area contributed by atoms with Crippen LogP contribution in [0.5, 0.6) is 0 Å². The van der Waals surface area contributed by atoms with Crippen molar-refractivity contribution in [1.82, 2.24) is 15.2 Å². The summed E-state index contributed by atoms with van der Waals surface area (Å²) in [5, 5.41) is 15.3. The highest BCUT2D eigenvalue weighted by Gasteiger charge is 2.18. The Morgan fingerprint density at radius 2 is 1.69 bits per heavy atom. The summed E-state index contributed by atoms with van der Waals surface area (Å²) in [4.78, 5) is 26.7. The number of hydrogen-bond donors (Lipinski definition) is 1. The third-order valence-electron chi connectivity index (χ3n) is 4.66. The first kappa shape index (κ1) is 20.9. The lowest BCUT2D eigenvalue weighted by molar-refractivity contribution is -0.384. The van der Waals surface area contributed by atoms with Crippen LogP contribution in [0.2, 0.25) is 5.02 Å². The van der Waals surface area contributed by atoms with Crippen LogP contribution in [-0.4, -0.2) is 59.6 Å². The third kappa shape index (κ3) is 6.63. The highest BCUT2D eigenvalue weighted by molar-refractivity contribution is 6.30. The summed E-state index contributed by atoms with van der Waals surface area (Å²) in [6.45, 7) is 4.56. The number of benzene rings is 2. The molecule has 0 saturated carbocycles. The van der Waals surface area contributed by atoms with Crippen LogP contribution in [0.4, 0.5) is 5.69 Å². The van der Waals surface area contributed by atoms with Gasteiger partial charge in [0.1, 0.15) is 0 Å². The smallest absolute Gasteiger partial charge is 0.269 e. The average Bonchev–Trinajstić information content (AvgIpc) is 2.71. The minimum Gasteiger partial charge on any atom is -0.297 e. The normalized spacial score (nSPS) is 15.5. The molecule has 1 aliphatic rings. The van der Waals surface area contributed by atoms with Crippen LogP contribution < -0.4 is 5.43 Å². The molecule has 0 radical (unpaired) electrons. The van der Waals surface area contributed by atoms with Gasteiger partial charge in [-0.25, -0.2) is 5.43 Å². The Morgan fingerprint density at radius 3 is 2.31 bits per heavy atom. The average molecular weight is 416 g/mol. The molecule has 0 spiro atoms. The van der Waals surface area contributed by atoms with E-state index in [0.717, 1.165) is 37.7 Å². The number of halogens is 1. The minimum atomic E-state index is -0.460. The van der Waals surface area contributed by atoms with Gasteiger partial charge in [0.05, 0.1) is 17.7 Å². The first-order valence-corrected chi connectivity index (χ1v) is 9.63. The van der Waals surface area contributed by atoms with E-state index in [4.69, 9.17) is 11.6 Å². The van der Waals surface area contributed by atoms with Crippen molar-refractivity contribution in [3.05, 3.63) is 74.8 Å². The standard InChI is InChI=1S/C20H22ClN5O3/c21-18-5-1-17(2-6-18)14-24-9-11-25(12-10-24)15-20(27)23-22-13-16-3-7-19(8-4-16)26(28)29/h1-8,13H,9-12,14-15H2,(H,23,27)/b22-13+. The van der Waals surface area contributed by atoms with Crippen molar-refractivity contribution in [2.45, 2.75) is 6.54 Å². The van der Waals surface area contributed by atoms with Crippen molar-refractivity contribution >= 4 is 29.4 Å². The molecule has 1 heterocycles. The highest BCUT2D eigenvalue weighted by atomic mass is 35.5. The lowest BCUT2D eigenvalue weighted by Gasteiger charge is -2.34. The van der Waals surface area contributed by atoms with Crippen LogP contribution in [0, 0.1) is 10.1 Å². The fourth-order valence-corrected chi connectivity index (χ4v) is 3.18. The highest BCUT2D eigenvalue weighted by Crippen LogP contribution is 2.13. The number of nitrogens with zero attached hydrogens (tertiary/aromatic N) is 4. The van der Waals surface area contributed by atoms with E-state index in [2.05, 4.69) is 20.3 Å². The number of piperazine rings is 1. The van der Waals surface area contributed by atoms with Crippen molar-refractivity contribution in [2.24, 2.45) is 5.10 Å². The zero-order valence-corrected chi connectivity index (χ0v) is 16.6. The molecule has 1 aliphatic heterocycles. The SMILES string of the molecule is O=C(CN1CCN(Cc2ccc(Cl)cc2)CC1)N/N=C/c1ccc([N+](=O)[O-])cc1. The summed E-state index contributed by atoms with van der Waals surface area (Å²) >= 11 is 5.92. The zero-order chi connectivity index (χ0) is 20.6. The van der Waals surface area contributed by atoms with E-state index in [1.807, 2.05) is 24.3 Å². The van der Waals surface area contributed by atoms with Crippen LogP contribution in [0.25, 0.3) is 0 Å². The van der Waals surface area contributed by atoms with Crippen molar-refractivity contribution in [1.29, 1.82) is 0 Å². The van der Waals surface area contributed by atoms with Crippen molar-refractivity contribution in [3.63, 3.8) is 0 Å². The molecule has 0 unspecified atom stereocenters. The molecule has 0 aliphatic carbocycles. The van der Waals surface area contributed by atoms with Crippen molar-refractivity contribution in [2.75, 3.05) is 32.7 Å². The molecular formula is C20H22ClN5O3. The summed E-state index contributed by atoms with van der Waals surface area (Å²) < 4.78 is 0. The number of non-ortho nitro benzene ring substituents is 1. The second kappa shape index (κ2) is 10.1. The van der Waals surface area contributed by atoms with E-state index in [0.29, 0.717) is 5.56 Å². The molecule has 9 heteroatoms. The van der Waals surface area contributed by atoms with Crippen molar-refractivity contribution < 1.29 is 9.72 Å². The maximum atomic E-state index is 12.1. The van der Waals surface area contributed by atoms with Crippen molar-refractivity contribution in [3.8, 4) is 0 Å². The Morgan fingerprint density at radius 1 is 1.07 bits per heavy atom. The largest absolute Gasteiger partial charge is 0.297 e. The first-order chi connectivity index (χ1) is 14.0. The molecular weight excluding hydrogens is 394 g/mol. The predicted octanol–water partition coefficient (Wildman–Crippen LogP) is 2.52. The van der Waals surface area contributed by atoms with Gasteiger partial charge in [0, 0.05) is 49.9 Å². The second-order valence-electron chi connectivity index (χ2n) is 6.82. The Balaban J connectivity index is 1.38. The summed E-state index contributed by atoms with van der Waals surface area (Å²) in [5.74, 6) is -0.186. The number of hydrogen-bond acceptors (Lipinski definition) is 6. The van der Waals surface area contributed by atoms with Gasteiger partial charge in [0.2, 0.25) is 0 Å². The molecule has 0 aromatic heterocycles. The molecule has 1 saturated heterocycles. The Hall–Kier alpha value is -2.81. The fourth-order valence-electron chi connectivity index (χ4n) is 3.05.